The maximum Gasteiger partial charge on any atom is 0.191 e. The van der Waals surface area contributed by atoms with E-state index in [0.29, 0.717) is 12.6 Å². The standard InChI is InChI=1S/C23H30N6.HI/c1-18-9-8-12-22-27-20(17-29(18)22)15-25-23(24-2)26-16-21(28-13-6-7-14-28)19-10-4-3-5-11-19;/h3-5,8-12,17,21H,6-7,13-16H2,1-2H3,(H2,24,25,26);1H. The molecule has 1 fully saturated rings. The van der Waals surface area contributed by atoms with Crippen LogP contribution in [0.4, 0.5) is 0 Å². The molecule has 0 bridgehead atoms. The summed E-state index contributed by atoms with van der Waals surface area (Å²) >= 11 is 0. The van der Waals surface area contributed by atoms with Gasteiger partial charge in [-0.15, -0.1) is 24.0 Å². The molecule has 2 aromatic heterocycles. The van der Waals surface area contributed by atoms with Gasteiger partial charge in [-0.3, -0.25) is 9.89 Å². The highest BCUT2D eigenvalue weighted by Gasteiger charge is 2.23. The Bertz CT molecular complexity index is 962. The van der Waals surface area contributed by atoms with Crippen LogP contribution in [0.1, 0.15) is 35.8 Å². The lowest BCUT2D eigenvalue weighted by Crippen LogP contribution is -2.42. The molecule has 2 N–H and O–H groups in total. The summed E-state index contributed by atoms with van der Waals surface area (Å²) in [4.78, 5) is 11.7. The number of imidazole rings is 1. The molecule has 0 spiro atoms. The number of nitrogens with zero attached hydrogens (tertiary/aromatic N) is 4. The molecule has 7 heteroatoms. The first-order valence-corrected chi connectivity index (χ1v) is 10.4. The van der Waals surface area contributed by atoms with Gasteiger partial charge in [-0.05, 0) is 50.6 Å². The van der Waals surface area contributed by atoms with E-state index < -0.39 is 0 Å². The van der Waals surface area contributed by atoms with Gasteiger partial charge >= 0.3 is 0 Å². The Labute approximate surface area is 195 Å². The van der Waals surface area contributed by atoms with E-state index in [1.54, 1.807) is 0 Å². The quantitative estimate of drug-likeness (QED) is 0.297. The van der Waals surface area contributed by atoms with E-state index in [4.69, 9.17) is 4.98 Å². The zero-order valence-corrected chi connectivity index (χ0v) is 20.0. The van der Waals surface area contributed by atoms with Crippen LogP contribution in [0.25, 0.3) is 5.65 Å². The number of guanidine groups is 1. The van der Waals surface area contributed by atoms with Crippen LogP contribution in [0.3, 0.4) is 0 Å². The summed E-state index contributed by atoms with van der Waals surface area (Å²) in [6.45, 7) is 5.88. The summed E-state index contributed by atoms with van der Waals surface area (Å²) in [5.41, 5.74) is 4.51. The van der Waals surface area contributed by atoms with Gasteiger partial charge in [0.25, 0.3) is 0 Å². The Balaban J connectivity index is 0.00000256. The molecule has 30 heavy (non-hydrogen) atoms. The van der Waals surface area contributed by atoms with E-state index in [9.17, 15) is 0 Å². The molecular weight excluding hydrogens is 487 g/mol. The summed E-state index contributed by atoms with van der Waals surface area (Å²) < 4.78 is 2.12. The predicted molar refractivity (Wildman–Crippen MR) is 134 cm³/mol. The van der Waals surface area contributed by atoms with Crippen LogP contribution in [0.5, 0.6) is 0 Å². The smallest absolute Gasteiger partial charge is 0.191 e. The fourth-order valence-corrected chi connectivity index (χ4v) is 4.06. The van der Waals surface area contributed by atoms with Gasteiger partial charge in [0.2, 0.25) is 0 Å². The van der Waals surface area contributed by atoms with Gasteiger partial charge in [0.15, 0.2) is 5.96 Å². The number of aliphatic imine (C=N–C) groups is 1. The SMILES string of the molecule is CN=C(NCc1cn2c(C)cccc2n1)NCC(c1ccccc1)N1CCCC1.I. The van der Waals surface area contributed by atoms with Crippen LogP contribution in [0, 0.1) is 6.92 Å². The number of hydrogen-bond acceptors (Lipinski definition) is 3. The van der Waals surface area contributed by atoms with Crippen molar-refractivity contribution in [1.82, 2.24) is 24.9 Å². The molecular formula is C23H31IN6. The fourth-order valence-electron chi connectivity index (χ4n) is 4.06. The highest BCUT2D eigenvalue weighted by Crippen LogP contribution is 2.24. The molecule has 0 saturated carbocycles. The van der Waals surface area contributed by atoms with Gasteiger partial charge < -0.3 is 15.0 Å². The number of hydrogen-bond donors (Lipinski definition) is 2. The molecule has 1 aliphatic rings. The maximum absolute atomic E-state index is 4.70. The molecule has 1 saturated heterocycles. The molecule has 0 aliphatic carbocycles. The van der Waals surface area contributed by atoms with Crippen molar-refractivity contribution in [1.29, 1.82) is 0 Å². The minimum atomic E-state index is 0. The van der Waals surface area contributed by atoms with Gasteiger partial charge in [0.05, 0.1) is 18.3 Å². The fraction of sp³-hybridized carbons (Fsp3) is 0.391. The van der Waals surface area contributed by atoms with Crippen molar-refractivity contribution in [2.24, 2.45) is 4.99 Å². The molecule has 3 heterocycles. The van der Waals surface area contributed by atoms with E-state index in [-0.39, 0.29) is 24.0 Å². The second-order valence-corrected chi connectivity index (χ2v) is 7.60. The molecule has 0 amide bonds. The number of benzene rings is 1. The van der Waals surface area contributed by atoms with Gasteiger partial charge in [-0.2, -0.15) is 0 Å². The third-order valence-electron chi connectivity index (χ3n) is 5.63. The third-order valence-corrected chi connectivity index (χ3v) is 5.63. The van der Waals surface area contributed by atoms with Crippen molar-refractivity contribution in [3.63, 3.8) is 0 Å². The Morgan fingerprint density at radius 1 is 1.07 bits per heavy atom. The second kappa shape index (κ2) is 10.8. The average molecular weight is 518 g/mol. The van der Waals surface area contributed by atoms with Crippen LogP contribution in [0.15, 0.2) is 59.7 Å². The summed E-state index contributed by atoms with van der Waals surface area (Å²) in [7, 11) is 1.82. The summed E-state index contributed by atoms with van der Waals surface area (Å²) in [5, 5.41) is 6.93. The molecule has 1 aromatic carbocycles. The lowest BCUT2D eigenvalue weighted by Gasteiger charge is -2.28. The van der Waals surface area contributed by atoms with Crippen LogP contribution in [-0.4, -0.2) is 46.9 Å². The molecule has 0 radical (unpaired) electrons. The molecule has 1 aliphatic heterocycles. The molecule has 1 unspecified atom stereocenters. The number of halogens is 1. The van der Waals surface area contributed by atoms with E-state index in [1.807, 2.05) is 19.2 Å². The normalized spacial score (nSPS) is 15.7. The van der Waals surface area contributed by atoms with Crippen molar-refractivity contribution < 1.29 is 0 Å². The molecule has 1 atom stereocenters. The number of pyridine rings is 1. The largest absolute Gasteiger partial charge is 0.354 e. The lowest BCUT2D eigenvalue weighted by molar-refractivity contribution is 0.245. The number of aryl methyl sites for hydroxylation is 1. The highest BCUT2D eigenvalue weighted by atomic mass is 127. The van der Waals surface area contributed by atoms with Gasteiger partial charge in [0.1, 0.15) is 5.65 Å². The number of fused-ring (bicyclic) bond motifs is 1. The zero-order chi connectivity index (χ0) is 20.1. The van der Waals surface area contributed by atoms with Crippen molar-refractivity contribution in [2.75, 3.05) is 26.7 Å². The van der Waals surface area contributed by atoms with Gasteiger partial charge in [-0.25, -0.2) is 4.98 Å². The summed E-state index contributed by atoms with van der Waals surface area (Å²) in [6.07, 6.45) is 4.65. The topological polar surface area (TPSA) is 57.0 Å². The third kappa shape index (κ3) is 5.31. The Morgan fingerprint density at radius 3 is 2.53 bits per heavy atom. The first-order valence-electron chi connectivity index (χ1n) is 10.4. The molecule has 4 rings (SSSR count). The lowest BCUT2D eigenvalue weighted by atomic mass is 10.1. The Kier molecular flexibility index (Phi) is 8.09. The minimum absolute atomic E-state index is 0. The van der Waals surface area contributed by atoms with E-state index >= 15 is 0 Å². The van der Waals surface area contributed by atoms with Crippen LogP contribution in [-0.2, 0) is 6.54 Å². The van der Waals surface area contributed by atoms with Crippen molar-refractivity contribution in [3.05, 3.63) is 71.7 Å². The number of nitrogens with one attached hydrogen (secondary N) is 2. The molecule has 6 nitrogen and oxygen atoms in total. The van der Waals surface area contributed by atoms with Gasteiger partial charge in [-0.1, -0.05) is 36.4 Å². The van der Waals surface area contributed by atoms with Crippen LogP contribution in [0.2, 0.25) is 0 Å². The number of likely N-dealkylation sites (tertiary alicyclic amines) is 1. The minimum Gasteiger partial charge on any atom is -0.354 e. The first-order chi connectivity index (χ1) is 14.2. The van der Waals surface area contributed by atoms with Crippen LogP contribution < -0.4 is 10.6 Å². The predicted octanol–water partition coefficient (Wildman–Crippen LogP) is 3.76. The van der Waals surface area contributed by atoms with E-state index in [1.165, 1.54) is 24.1 Å². The van der Waals surface area contributed by atoms with Gasteiger partial charge in [0, 0.05) is 25.5 Å². The number of rotatable bonds is 6. The second-order valence-electron chi connectivity index (χ2n) is 7.60. The average Bonchev–Trinajstić information content (AvgIpc) is 3.42. The van der Waals surface area contributed by atoms with Crippen LogP contribution >= 0.6 is 24.0 Å². The van der Waals surface area contributed by atoms with E-state index in [0.717, 1.165) is 36.9 Å². The Morgan fingerprint density at radius 2 is 1.83 bits per heavy atom. The van der Waals surface area contributed by atoms with Crippen molar-refractivity contribution in [2.45, 2.75) is 32.4 Å². The zero-order valence-electron chi connectivity index (χ0n) is 17.7. The monoisotopic (exact) mass is 518 g/mol. The maximum atomic E-state index is 4.70. The highest BCUT2D eigenvalue weighted by molar-refractivity contribution is 14.0. The number of aromatic nitrogens is 2. The first kappa shape index (κ1) is 22.6. The molecule has 3 aromatic rings. The summed E-state index contributed by atoms with van der Waals surface area (Å²) in [6, 6.07) is 17.3. The summed E-state index contributed by atoms with van der Waals surface area (Å²) in [5.74, 6) is 0.805. The Hall–Kier alpha value is -2.13. The van der Waals surface area contributed by atoms with Crippen molar-refractivity contribution in [3.8, 4) is 0 Å². The van der Waals surface area contributed by atoms with Crippen molar-refractivity contribution >= 4 is 35.6 Å². The molecule has 160 valence electrons. The van der Waals surface area contributed by atoms with E-state index in [2.05, 4.69) is 74.4 Å².